The van der Waals surface area contributed by atoms with E-state index < -0.39 is 15.9 Å². The van der Waals surface area contributed by atoms with Gasteiger partial charge in [-0.15, -0.1) is 0 Å². The van der Waals surface area contributed by atoms with Gasteiger partial charge in [0.15, 0.2) is 9.84 Å². The number of hydrogen-bond donors (Lipinski definition) is 0. The van der Waals surface area contributed by atoms with Crippen LogP contribution < -0.4 is 0 Å². The summed E-state index contributed by atoms with van der Waals surface area (Å²) >= 11 is 11.9. The highest BCUT2D eigenvalue weighted by atomic mass is 35.5. The van der Waals surface area contributed by atoms with Crippen molar-refractivity contribution in [3.05, 3.63) is 82.0 Å². The molecule has 5 nitrogen and oxygen atoms in total. The van der Waals surface area contributed by atoms with Gasteiger partial charge in [0.05, 0.1) is 18.1 Å². The van der Waals surface area contributed by atoms with Gasteiger partial charge in [0.25, 0.3) is 5.91 Å². The Morgan fingerprint density at radius 1 is 0.967 bits per heavy atom. The van der Waals surface area contributed by atoms with E-state index in [1.54, 1.807) is 47.4 Å². The number of nitrogens with zero attached hydrogens (tertiary/aromatic N) is 1. The third kappa shape index (κ3) is 4.72. The van der Waals surface area contributed by atoms with E-state index in [0.29, 0.717) is 33.6 Å². The van der Waals surface area contributed by atoms with Crippen LogP contribution in [0, 0.1) is 0 Å². The molecule has 1 amide bonds. The van der Waals surface area contributed by atoms with Crippen molar-refractivity contribution in [1.29, 1.82) is 0 Å². The molecule has 2 heterocycles. The molecule has 1 aromatic heterocycles. The van der Waals surface area contributed by atoms with Crippen LogP contribution >= 0.6 is 23.2 Å². The summed E-state index contributed by atoms with van der Waals surface area (Å²) in [6, 6.07) is 17.1. The Morgan fingerprint density at radius 2 is 1.60 bits per heavy atom. The fourth-order valence-corrected chi connectivity index (χ4v) is 5.53. The van der Waals surface area contributed by atoms with Crippen LogP contribution in [-0.2, 0) is 16.4 Å². The minimum absolute atomic E-state index is 0.0446. The predicted octanol–water partition coefficient (Wildman–Crippen LogP) is 5.08. The van der Waals surface area contributed by atoms with Gasteiger partial charge in [0.1, 0.15) is 11.5 Å². The van der Waals surface area contributed by atoms with E-state index >= 15 is 0 Å². The third-order valence-corrected chi connectivity index (χ3v) is 7.37. The fourth-order valence-electron chi connectivity index (χ4n) is 3.55. The molecule has 1 atom stereocenters. The zero-order chi connectivity index (χ0) is 21.3. The Morgan fingerprint density at radius 3 is 2.20 bits per heavy atom. The first-order valence-corrected chi connectivity index (χ1v) is 12.0. The fraction of sp³-hybridized carbons (Fsp3) is 0.227. The minimum Gasteiger partial charge on any atom is -0.459 e. The van der Waals surface area contributed by atoms with Crippen molar-refractivity contribution in [3.63, 3.8) is 0 Å². The van der Waals surface area contributed by atoms with E-state index in [-0.39, 0.29) is 24.0 Å². The molecule has 156 valence electrons. The van der Waals surface area contributed by atoms with Gasteiger partial charge >= 0.3 is 0 Å². The zero-order valence-electron chi connectivity index (χ0n) is 15.9. The van der Waals surface area contributed by atoms with Crippen LogP contribution in [0.3, 0.4) is 0 Å². The van der Waals surface area contributed by atoms with Gasteiger partial charge in [0.2, 0.25) is 0 Å². The van der Waals surface area contributed by atoms with Gasteiger partial charge in [-0.05, 0) is 67.1 Å². The third-order valence-electron chi connectivity index (χ3n) is 5.12. The first-order valence-electron chi connectivity index (χ1n) is 9.42. The SMILES string of the molecule is O=C(c1ccc(Cl)cc1)N(Cc1ccc(-c2ccc(Cl)cc2)o1)C1CCS(=O)(=O)C1. The van der Waals surface area contributed by atoms with Crippen LogP contribution in [0.15, 0.2) is 65.1 Å². The van der Waals surface area contributed by atoms with Crippen LogP contribution in [0.25, 0.3) is 11.3 Å². The van der Waals surface area contributed by atoms with Crippen LogP contribution in [-0.4, -0.2) is 36.8 Å². The average molecular weight is 464 g/mol. The lowest BCUT2D eigenvalue weighted by atomic mass is 10.1. The number of benzene rings is 2. The largest absolute Gasteiger partial charge is 0.459 e. The van der Waals surface area contributed by atoms with Gasteiger partial charge in [-0.1, -0.05) is 23.2 Å². The molecule has 1 aliphatic rings. The van der Waals surface area contributed by atoms with Crippen molar-refractivity contribution in [2.24, 2.45) is 0 Å². The second kappa shape index (κ2) is 8.46. The molecular weight excluding hydrogens is 445 g/mol. The van der Waals surface area contributed by atoms with Crippen molar-refractivity contribution in [1.82, 2.24) is 4.90 Å². The Kier molecular flexibility index (Phi) is 5.91. The molecular formula is C22H19Cl2NO4S. The molecule has 0 bridgehead atoms. The summed E-state index contributed by atoms with van der Waals surface area (Å²) in [6.45, 7) is 0.176. The monoisotopic (exact) mass is 463 g/mol. The highest BCUT2D eigenvalue weighted by Crippen LogP contribution is 2.27. The number of carbonyl (C=O) groups is 1. The molecule has 1 aliphatic heterocycles. The molecule has 0 spiro atoms. The van der Waals surface area contributed by atoms with Gasteiger partial charge in [-0.2, -0.15) is 0 Å². The smallest absolute Gasteiger partial charge is 0.254 e. The normalized spacial score (nSPS) is 17.7. The Labute approximate surface area is 185 Å². The van der Waals surface area contributed by atoms with Crippen molar-refractivity contribution < 1.29 is 17.6 Å². The average Bonchev–Trinajstić information content (AvgIpc) is 3.33. The number of rotatable bonds is 5. The van der Waals surface area contributed by atoms with Crippen molar-refractivity contribution in [2.45, 2.75) is 19.0 Å². The van der Waals surface area contributed by atoms with E-state index in [2.05, 4.69) is 0 Å². The van der Waals surface area contributed by atoms with Crippen LogP contribution in [0.2, 0.25) is 10.0 Å². The van der Waals surface area contributed by atoms with E-state index in [4.69, 9.17) is 27.6 Å². The molecule has 0 saturated carbocycles. The molecule has 30 heavy (non-hydrogen) atoms. The second-order valence-electron chi connectivity index (χ2n) is 7.27. The first kappa shape index (κ1) is 21.0. The number of carbonyl (C=O) groups excluding carboxylic acids is 1. The Bertz CT molecular complexity index is 1150. The van der Waals surface area contributed by atoms with Gasteiger partial charge in [0, 0.05) is 27.2 Å². The number of furan rings is 1. The van der Waals surface area contributed by atoms with E-state index in [9.17, 15) is 13.2 Å². The van der Waals surface area contributed by atoms with E-state index in [1.165, 1.54) is 0 Å². The molecule has 0 N–H and O–H groups in total. The molecule has 0 radical (unpaired) electrons. The molecule has 1 fully saturated rings. The maximum absolute atomic E-state index is 13.2. The molecule has 1 unspecified atom stereocenters. The maximum Gasteiger partial charge on any atom is 0.254 e. The Hall–Kier alpha value is -2.28. The number of halogens is 2. The summed E-state index contributed by atoms with van der Waals surface area (Å²) in [5, 5.41) is 1.16. The predicted molar refractivity (Wildman–Crippen MR) is 118 cm³/mol. The lowest BCUT2D eigenvalue weighted by Crippen LogP contribution is -2.40. The topological polar surface area (TPSA) is 67.6 Å². The van der Waals surface area contributed by atoms with E-state index in [1.807, 2.05) is 18.2 Å². The number of amides is 1. The molecule has 0 aliphatic carbocycles. The van der Waals surface area contributed by atoms with Gasteiger partial charge < -0.3 is 9.32 Å². The van der Waals surface area contributed by atoms with Gasteiger partial charge in [-0.3, -0.25) is 4.79 Å². The summed E-state index contributed by atoms with van der Waals surface area (Å²) < 4.78 is 30.0. The summed E-state index contributed by atoms with van der Waals surface area (Å²) in [6.07, 6.45) is 0.409. The highest BCUT2D eigenvalue weighted by Gasteiger charge is 2.35. The highest BCUT2D eigenvalue weighted by molar-refractivity contribution is 7.91. The molecule has 3 aromatic rings. The van der Waals surface area contributed by atoms with Crippen LogP contribution in [0.5, 0.6) is 0 Å². The van der Waals surface area contributed by atoms with E-state index in [0.717, 1.165) is 5.56 Å². The molecule has 1 saturated heterocycles. The van der Waals surface area contributed by atoms with Crippen molar-refractivity contribution in [3.8, 4) is 11.3 Å². The molecule has 4 rings (SSSR count). The van der Waals surface area contributed by atoms with Crippen molar-refractivity contribution >= 4 is 38.9 Å². The lowest BCUT2D eigenvalue weighted by molar-refractivity contribution is 0.0666. The second-order valence-corrected chi connectivity index (χ2v) is 10.4. The Balaban J connectivity index is 1.61. The maximum atomic E-state index is 13.2. The molecule has 8 heteroatoms. The van der Waals surface area contributed by atoms with Crippen molar-refractivity contribution in [2.75, 3.05) is 11.5 Å². The minimum atomic E-state index is -3.16. The summed E-state index contributed by atoms with van der Waals surface area (Å²) in [5.74, 6) is 1.01. The zero-order valence-corrected chi connectivity index (χ0v) is 18.3. The summed E-state index contributed by atoms with van der Waals surface area (Å²) in [4.78, 5) is 14.8. The number of hydrogen-bond acceptors (Lipinski definition) is 4. The van der Waals surface area contributed by atoms with Crippen LogP contribution in [0.4, 0.5) is 0 Å². The summed E-state index contributed by atoms with van der Waals surface area (Å²) in [7, 11) is -3.16. The first-order chi connectivity index (χ1) is 14.3. The van der Waals surface area contributed by atoms with Crippen LogP contribution in [0.1, 0.15) is 22.5 Å². The molecule has 2 aromatic carbocycles. The lowest BCUT2D eigenvalue weighted by Gasteiger charge is -2.27. The quantitative estimate of drug-likeness (QED) is 0.528. The summed E-state index contributed by atoms with van der Waals surface area (Å²) in [5.41, 5.74) is 1.32. The number of sulfone groups is 1. The standard InChI is InChI=1S/C22H19Cl2NO4S/c23-17-5-1-15(2-6-17)21-10-9-20(29-21)13-25(19-11-12-30(27,28)14-19)22(26)16-3-7-18(24)8-4-16/h1-10,19H,11-14H2. The van der Waals surface area contributed by atoms with Gasteiger partial charge in [-0.25, -0.2) is 8.42 Å².